The molecule has 0 aliphatic carbocycles. The monoisotopic (exact) mass is 382 g/mol. The van der Waals surface area contributed by atoms with Crippen LogP contribution in [0.15, 0.2) is 42.6 Å². The van der Waals surface area contributed by atoms with E-state index < -0.39 is 5.54 Å². The van der Waals surface area contributed by atoms with Crippen molar-refractivity contribution in [2.75, 3.05) is 26.7 Å². The summed E-state index contributed by atoms with van der Waals surface area (Å²) in [5, 5.41) is 4.24. The minimum Gasteiger partial charge on any atom is -0.364 e. The van der Waals surface area contributed by atoms with E-state index in [9.17, 15) is 9.59 Å². The second-order valence-electron chi connectivity index (χ2n) is 7.58. The number of ether oxygens (including phenoxy) is 1. The third kappa shape index (κ3) is 3.09. The summed E-state index contributed by atoms with van der Waals surface area (Å²) in [6, 6.07) is 12.0. The van der Waals surface area contributed by atoms with Crippen LogP contribution in [0.2, 0.25) is 0 Å². The molecule has 0 spiro atoms. The van der Waals surface area contributed by atoms with Crippen molar-refractivity contribution >= 4 is 11.8 Å². The highest BCUT2D eigenvalue weighted by atomic mass is 16.5. The summed E-state index contributed by atoms with van der Waals surface area (Å²) >= 11 is 0. The van der Waals surface area contributed by atoms with Crippen molar-refractivity contribution in [3.05, 3.63) is 53.9 Å². The first-order valence-electron chi connectivity index (χ1n) is 9.72. The minimum atomic E-state index is -0.522. The second-order valence-corrected chi connectivity index (χ2v) is 7.58. The molecule has 7 heteroatoms. The molecule has 2 aromatic rings. The Morgan fingerprint density at radius 1 is 1.29 bits per heavy atom. The molecule has 3 heterocycles. The Kier molecular flexibility index (Phi) is 4.93. The van der Waals surface area contributed by atoms with E-state index in [0.717, 1.165) is 11.3 Å². The van der Waals surface area contributed by atoms with Gasteiger partial charge < -0.3 is 14.5 Å². The lowest BCUT2D eigenvalue weighted by molar-refractivity contribution is -0.184. The van der Waals surface area contributed by atoms with Crippen molar-refractivity contribution in [2.45, 2.75) is 38.0 Å². The Bertz CT molecular complexity index is 866. The number of likely N-dealkylation sites (N-methyl/N-ethyl adjacent to an activating group) is 1. The van der Waals surface area contributed by atoms with E-state index in [1.807, 2.05) is 64.9 Å². The molecule has 148 valence electrons. The first-order chi connectivity index (χ1) is 13.5. The maximum absolute atomic E-state index is 12.8. The van der Waals surface area contributed by atoms with Gasteiger partial charge in [-0.1, -0.05) is 30.3 Å². The zero-order valence-corrected chi connectivity index (χ0v) is 16.4. The van der Waals surface area contributed by atoms with Crippen molar-refractivity contribution in [2.24, 2.45) is 0 Å². The van der Waals surface area contributed by atoms with Gasteiger partial charge >= 0.3 is 0 Å². The van der Waals surface area contributed by atoms with Crippen LogP contribution in [0.25, 0.3) is 0 Å². The van der Waals surface area contributed by atoms with E-state index >= 15 is 0 Å². The highest BCUT2D eigenvalue weighted by molar-refractivity contribution is 5.80. The number of aryl methyl sites for hydroxylation is 2. The zero-order chi connectivity index (χ0) is 19.7. The molecule has 2 saturated heterocycles. The molecule has 1 aromatic carbocycles. The summed E-state index contributed by atoms with van der Waals surface area (Å²) in [5.74, 6) is 0.0775. The Balaban J connectivity index is 1.51. The molecule has 2 aliphatic heterocycles. The topological polar surface area (TPSA) is 67.7 Å². The van der Waals surface area contributed by atoms with Crippen LogP contribution in [0.4, 0.5) is 0 Å². The van der Waals surface area contributed by atoms with E-state index in [2.05, 4.69) is 5.10 Å². The van der Waals surface area contributed by atoms with Crippen molar-refractivity contribution in [3.63, 3.8) is 0 Å². The molecule has 0 unspecified atom stereocenters. The maximum Gasteiger partial charge on any atom is 0.249 e. The highest BCUT2D eigenvalue weighted by Crippen LogP contribution is 2.42. The third-order valence-corrected chi connectivity index (χ3v) is 6.16. The summed E-state index contributed by atoms with van der Waals surface area (Å²) in [7, 11) is 1.85. The van der Waals surface area contributed by atoms with Crippen LogP contribution in [-0.2, 0) is 26.4 Å². The number of nitrogens with zero attached hydrogens (tertiary/aromatic N) is 4. The number of morpholine rings is 1. The standard InChI is InChI=1S/C21H26N4O3/c1-16-8-11-22-25(16)12-9-19(26)24-13-10-21(17-6-4-3-5-7-17)18(14-24)28-15-20(27)23(21)2/h3-8,11,18H,9-10,12-15H2,1-2H3/t18-,21+/m1/s1. The molecule has 0 saturated carbocycles. The van der Waals surface area contributed by atoms with Crippen LogP contribution in [-0.4, -0.2) is 64.2 Å². The fourth-order valence-electron chi connectivity index (χ4n) is 4.44. The molecule has 2 aliphatic rings. The van der Waals surface area contributed by atoms with E-state index in [1.165, 1.54) is 0 Å². The molecule has 2 amide bonds. The van der Waals surface area contributed by atoms with E-state index in [1.54, 1.807) is 6.20 Å². The number of rotatable bonds is 4. The first-order valence-corrected chi connectivity index (χ1v) is 9.72. The van der Waals surface area contributed by atoms with Gasteiger partial charge in [-0.2, -0.15) is 5.10 Å². The molecule has 7 nitrogen and oxygen atoms in total. The number of benzene rings is 1. The quantitative estimate of drug-likeness (QED) is 0.805. The molecule has 1 aromatic heterocycles. The highest BCUT2D eigenvalue weighted by Gasteiger charge is 2.53. The van der Waals surface area contributed by atoms with Gasteiger partial charge in [0.1, 0.15) is 12.7 Å². The number of carbonyl (C=O) groups excluding carboxylic acids is 2. The van der Waals surface area contributed by atoms with Crippen LogP contribution in [0.1, 0.15) is 24.1 Å². The van der Waals surface area contributed by atoms with Crippen LogP contribution >= 0.6 is 0 Å². The summed E-state index contributed by atoms with van der Waals surface area (Å²) in [6.07, 6.45) is 2.58. The fraction of sp³-hybridized carbons (Fsp3) is 0.476. The molecule has 4 rings (SSSR count). The van der Waals surface area contributed by atoms with Gasteiger partial charge in [0.25, 0.3) is 0 Å². The normalized spacial score (nSPS) is 24.9. The largest absolute Gasteiger partial charge is 0.364 e. The Hall–Kier alpha value is -2.67. The molecule has 28 heavy (non-hydrogen) atoms. The number of amides is 2. The lowest BCUT2D eigenvalue weighted by atomic mass is 9.76. The lowest BCUT2D eigenvalue weighted by Gasteiger charge is -2.54. The van der Waals surface area contributed by atoms with E-state index in [0.29, 0.717) is 32.5 Å². The van der Waals surface area contributed by atoms with Crippen molar-refractivity contribution in [1.29, 1.82) is 0 Å². The Morgan fingerprint density at radius 2 is 2.07 bits per heavy atom. The molecule has 0 bridgehead atoms. The van der Waals surface area contributed by atoms with Crippen molar-refractivity contribution in [1.82, 2.24) is 19.6 Å². The third-order valence-electron chi connectivity index (χ3n) is 6.16. The zero-order valence-electron chi connectivity index (χ0n) is 16.4. The molecular formula is C21H26N4O3. The van der Waals surface area contributed by atoms with E-state index in [4.69, 9.17) is 4.74 Å². The number of aromatic nitrogens is 2. The summed E-state index contributed by atoms with van der Waals surface area (Å²) in [4.78, 5) is 28.9. The van der Waals surface area contributed by atoms with Gasteiger partial charge in [-0.25, -0.2) is 0 Å². The minimum absolute atomic E-state index is 0.0194. The number of hydrogen-bond donors (Lipinski definition) is 0. The Labute approximate surface area is 164 Å². The average Bonchev–Trinajstić information content (AvgIpc) is 3.14. The smallest absolute Gasteiger partial charge is 0.249 e. The van der Waals surface area contributed by atoms with Gasteiger partial charge in [0.15, 0.2) is 0 Å². The molecule has 2 atom stereocenters. The van der Waals surface area contributed by atoms with Crippen LogP contribution in [0.5, 0.6) is 0 Å². The second kappa shape index (κ2) is 7.39. The molecule has 2 fully saturated rings. The van der Waals surface area contributed by atoms with Crippen LogP contribution < -0.4 is 0 Å². The number of likely N-dealkylation sites (tertiary alicyclic amines) is 1. The SMILES string of the molecule is Cc1ccnn1CCC(=O)N1CC[C@]2(c3ccccc3)[C@@H](C1)OCC(=O)N2C. The molecule has 0 N–H and O–H groups in total. The number of hydrogen-bond acceptors (Lipinski definition) is 4. The van der Waals surface area contributed by atoms with Gasteiger partial charge in [-0.05, 0) is 25.0 Å². The van der Waals surface area contributed by atoms with Crippen LogP contribution in [0.3, 0.4) is 0 Å². The number of piperidine rings is 1. The van der Waals surface area contributed by atoms with Gasteiger partial charge in [-0.3, -0.25) is 14.3 Å². The fourth-order valence-corrected chi connectivity index (χ4v) is 4.44. The summed E-state index contributed by atoms with van der Waals surface area (Å²) in [5.41, 5.74) is 1.59. The van der Waals surface area contributed by atoms with Crippen LogP contribution in [0, 0.1) is 6.92 Å². The predicted octanol–water partition coefficient (Wildman–Crippen LogP) is 1.57. The maximum atomic E-state index is 12.8. The first kappa shape index (κ1) is 18.7. The van der Waals surface area contributed by atoms with Gasteiger partial charge in [0.05, 0.1) is 5.54 Å². The summed E-state index contributed by atoms with van der Waals surface area (Å²) in [6.45, 7) is 3.70. The molecular weight excluding hydrogens is 356 g/mol. The van der Waals surface area contributed by atoms with Gasteiger partial charge in [0, 0.05) is 45.0 Å². The number of fused-ring (bicyclic) bond motifs is 1. The lowest BCUT2D eigenvalue weighted by Crippen LogP contribution is -2.67. The van der Waals surface area contributed by atoms with Gasteiger partial charge in [-0.15, -0.1) is 0 Å². The van der Waals surface area contributed by atoms with Crippen molar-refractivity contribution < 1.29 is 14.3 Å². The van der Waals surface area contributed by atoms with Gasteiger partial charge in [0.2, 0.25) is 11.8 Å². The predicted molar refractivity (Wildman–Crippen MR) is 103 cm³/mol. The number of carbonyl (C=O) groups is 2. The molecule has 0 radical (unpaired) electrons. The van der Waals surface area contributed by atoms with E-state index in [-0.39, 0.29) is 24.5 Å². The van der Waals surface area contributed by atoms with Crippen molar-refractivity contribution in [3.8, 4) is 0 Å². The Morgan fingerprint density at radius 3 is 2.79 bits per heavy atom. The average molecular weight is 382 g/mol. The summed E-state index contributed by atoms with van der Waals surface area (Å²) < 4.78 is 7.82.